The summed E-state index contributed by atoms with van der Waals surface area (Å²) < 4.78 is 12.0. The summed E-state index contributed by atoms with van der Waals surface area (Å²) in [5, 5.41) is 3.50. The van der Waals surface area contributed by atoms with E-state index in [-0.39, 0.29) is 30.5 Å². The molecular formula is C22H23N3O4. The fourth-order valence-electron chi connectivity index (χ4n) is 3.83. The second-order valence-corrected chi connectivity index (χ2v) is 7.16. The predicted molar refractivity (Wildman–Crippen MR) is 110 cm³/mol. The molecule has 7 nitrogen and oxygen atoms in total. The summed E-state index contributed by atoms with van der Waals surface area (Å²) in [7, 11) is 3.05. The summed E-state index contributed by atoms with van der Waals surface area (Å²) in [5.41, 5.74) is 2.89. The number of fused-ring (bicyclic) bond motifs is 2. The van der Waals surface area contributed by atoms with Crippen LogP contribution in [0.1, 0.15) is 17.5 Å². The van der Waals surface area contributed by atoms with Crippen LogP contribution in [0.2, 0.25) is 0 Å². The molecule has 1 aromatic heterocycles. The summed E-state index contributed by atoms with van der Waals surface area (Å²) in [6.07, 6.45) is 3.38. The fraction of sp³-hybridized carbons (Fsp3) is 0.318. The van der Waals surface area contributed by atoms with Crippen molar-refractivity contribution in [2.75, 3.05) is 14.2 Å². The van der Waals surface area contributed by atoms with Gasteiger partial charge in [-0.15, -0.1) is 0 Å². The average molecular weight is 393 g/mol. The van der Waals surface area contributed by atoms with Crippen molar-refractivity contribution in [3.8, 4) is 11.5 Å². The van der Waals surface area contributed by atoms with Gasteiger partial charge in [0.05, 0.1) is 31.4 Å². The minimum Gasteiger partial charge on any atom is -0.493 e. The van der Waals surface area contributed by atoms with E-state index >= 15 is 0 Å². The van der Waals surface area contributed by atoms with Crippen molar-refractivity contribution in [2.45, 2.75) is 31.8 Å². The van der Waals surface area contributed by atoms with Gasteiger partial charge in [0.2, 0.25) is 5.91 Å². The first-order valence-corrected chi connectivity index (χ1v) is 9.56. The van der Waals surface area contributed by atoms with E-state index in [4.69, 9.17) is 9.47 Å². The molecule has 0 unspecified atom stereocenters. The number of nitrogens with zero attached hydrogens (tertiary/aromatic N) is 2. The van der Waals surface area contributed by atoms with Gasteiger partial charge in [0.1, 0.15) is 0 Å². The van der Waals surface area contributed by atoms with E-state index in [2.05, 4.69) is 22.4 Å². The van der Waals surface area contributed by atoms with Crippen LogP contribution >= 0.6 is 0 Å². The third-order valence-electron chi connectivity index (χ3n) is 5.33. The van der Waals surface area contributed by atoms with Crippen molar-refractivity contribution in [1.82, 2.24) is 14.9 Å². The van der Waals surface area contributed by atoms with Crippen LogP contribution in [-0.2, 0) is 24.2 Å². The standard InChI is InChI=1S/C22H23N3O4/c1-28-19-11-17-18(12-20(19)29-2)23-13-25(22(17)27)8-7-21(26)24-16-9-14-5-3-4-6-15(14)10-16/h3-6,11-13,16H,7-10H2,1-2H3,(H,24,26). The number of rotatable bonds is 6. The Labute approximate surface area is 168 Å². The highest BCUT2D eigenvalue weighted by Crippen LogP contribution is 2.29. The van der Waals surface area contributed by atoms with Gasteiger partial charge in [-0.2, -0.15) is 0 Å². The number of carbonyl (C=O) groups is 1. The summed E-state index contributed by atoms with van der Waals surface area (Å²) in [6, 6.07) is 11.7. The van der Waals surface area contributed by atoms with E-state index in [1.807, 2.05) is 12.1 Å². The number of aromatic nitrogens is 2. The van der Waals surface area contributed by atoms with Crippen molar-refractivity contribution < 1.29 is 14.3 Å². The first kappa shape index (κ1) is 19.0. The Hall–Kier alpha value is -3.35. The lowest BCUT2D eigenvalue weighted by Crippen LogP contribution is -2.36. The van der Waals surface area contributed by atoms with Crippen molar-refractivity contribution in [3.05, 3.63) is 64.2 Å². The number of benzene rings is 2. The molecule has 0 spiro atoms. The molecule has 0 bridgehead atoms. The normalized spacial score (nSPS) is 13.3. The Morgan fingerprint density at radius 3 is 2.45 bits per heavy atom. The van der Waals surface area contributed by atoms with Gasteiger partial charge in [-0.25, -0.2) is 4.98 Å². The number of hydrogen-bond acceptors (Lipinski definition) is 5. The molecule has 0 aliphatic heterocycles. The maximum atomic E-state index is 12.8. The van der Waals surface area contributed by atoms with E-state index in [0.29, 0.717) is 22.4 Å². The van der Waals surface area contributed by atoms with E-state index in [9.17, 15) is 9.59 Å². The van der Waals surface area contributed by atoms with Crippen molar-refractivity contribution in [3.63, 3.8) is 0 Å². The maximum absolute atomic E-state index is 12.8. The first-order chi connectivity index (χ1) is 14.1. The Balaban J connectivity index is 1.44. The topological polar surface area (TPSA) is 82.5 Å². The zero-order chi connectivity index (χ0) is 20.4. The van der Waals surface area contributed by atoms with Gasteiger partial charge in [0.25, 0.3) is 5.56 Å². The number of aryl methyl sites for hydroxylation is 1. The Bertz CT molecular complexity index is 1100. The van der Waals surface area contributed by atoms with Gasteiger partial charge < -0.3 is 14.8 Å². The Kier molecular flexibility index (Phi) is 5.20. The quantitative estimate of drug-likeness (QED) is 0.693. The third-order valence-corrected chi connectivity index (χ3v) is 5.33. The Morgan fingerprint density at radius 1 is 1.14 bits per heavy atom. The summed E-state index contributed by atoms with van der Waals surface area (Å²) in [5.74, 6) is 0.916. The van der Waals surface area contributed by atoms with Crippen LogP contribution in [0.25, 0.3) is 10.9 Å². The monoisotopic (exact) mass is 393 g/mol. The van der Waals surface area contributed by atoms with Crippen LogP contribution < -0.4 is 20.3 Å². The number of carbonyl (C=O) groups excluding carboxylic acids is 1. The minimum absolute atomic E-state index is 0.0675. The lowest BCUT2D eigenvalue weighted by atomic mass is 10.1. The molecule has 0 fully saturated rings. The lowest BCUT2D eigenvalue weighted by Gasteiger charge is -2.13. The lowest BCUT2D eigenvalue weighted by molar-refractivity contribution is -0.121. The van der Waals surface area contributed by atoms with Crippen molar-refractivity contribution in [1.29, 1.82) is 0 Å². The van der Waals surface area contributed by atoms with Crippen LogP contribution in [0.3, 0.4) is 0 Å². The van der Waals surface area contributed by atoms with Gasteiger partial charge in [-0.1, -0.05) is 24.3 Å². The summed E-state index contributed by atoms with van der Waals surface area (Å²) >= 11 is 0. The number of hydrogen-bond donors (Lipinski definition) is 1. The molecule has 4 rings (SSSR count). The van der Waals surface area contributed by atoms with E-state index in [1.54, 1.807) is 12.1 Å². The highest BCUT2D eigenvalue weighted by molar-refractivity contribution is 5.81. The van der Waals surface area contributed by atoms with E-state index in [1.165, 1.54) is 36.2 Å². The fourth-order valence-corrected chi connectivity index (χ4v) is 3.83. The second kappa shape index (κ2) is 7.95. The molecule has 7 heteroatoms. The van der Waals surface area contributed by atoms with Crippen LogP contribution in [0, 0.1) is 0 Å². The molecule has 0 radical (unpaired) electrons. The zero-order valence-corrected chi connectivity index (χ0v) is 16.5. The van der Waals surface area contributed by atoms with E-state index in [0.717, 1.165) is 12.8 Å². The smallest absolute Gasteiger partial charge is 0.261 e. The maximum Gasteiger partial charge on any atom is 0.261 e. The zero-order valence-electron chi connectivity index (χ0n) is 16.5. The summed E-state index contributed by atoms with van der Waals surface area (Å²) in [6.45, 7) is 0.265. The molecular weight excluding hydrogens is 370 g/mol. The van der Waals surface area contributed by atoms with Crippen molar-refractivity contribution >= 4 is 16.8 Å². The number of ether oxygens (including phenoxy) is 2. The molecule has 1 heterocycles. The van der Waals surface area contributed by atoms with Gasteiger partial charge in [0.15, 0.2) is 11.5 Å². The number of amides is 1. The van der Waals surface area contributed by atoms with Crippen LogP contribution in [0.5, 0.6) is 11.5 Å². The molecule has 1 N–H and O–H groups in total. The molecule has 0 saturated heterocycles. The molecule has 1 aliphatic rings. The minimum atomic E-state index is -0.211. The molecule has 150 valence electrons. The first-order valence-electron chi connectivity index (χ1n) is 9.56. The second-order valence-electron chi connectivity index (χ2n) is 7.16. The molecule has 0 atom stereocenters. The highest BCUT2D eigenvalue weighted by Gasteiger charge is 2.22. The predicted octanol–water partition coefficient (Wildman–Crippen LogP) is 2.09. The van der Waals surface area contributed by atoms with Crippen molar-refractivity contribution in [2.24, 2.45) is 0 Å². The molecule has 3 aromatic rings. The molecule has 0 saturated carbocycles. The molecule has 29 heavy (non-hydrogen) atoms. The van der Waals surface area contributed by atoms with Gasteiger partial charge in [0, 0.05) is 25.1 Å². The average Bonchev–Trinajstić information content (AvgIpc) is 3.14. The number of methoxy groups -OCH3 is 2. The van der Waals surface area contributed by atoms with Crippen LogP contribution in [-0.4, -0.2) is 35.7 Å². The largest absolute Gasteiger partial charge is 0.493 e. The Morgan fingerprint density at radius 2 is 1.79 bits per heavy atom. The van der Waals surface area contributed by atoms with Gasteiger partial charge in [-0.3, -0.25) is 14.2 Å². The van der Waals surface area contributed by atoms with Crippen LogP contribution in [0.4, 0.5) is 0 Å². The molecule has 1 amide bonds. The summed E-state index contributed by atoms with van der Waals surface area (Å²) in [4.78, 5) is 29.5. The molecule has 1 aliphatic carbocycles. The third kappa shape index (κ3) is 3.81. The molecule has 2 aromatic carbocycles. The van der Waals surface area contributed by atoms with E-state index < -0.39 is 0 Å². The SMILES string of the molecule is COc1cc2ncn(CCC(=O)NC3Cc4ccccc4C3)c(=O)c2cc1OC. The number of nitrogens with one attached hydrogen (secondary N) is 1. The van der Waals surface area contributed by atoms with Gasteiger partial charge in [-0.05, 0) is 30.0 Å². The van der Waals surface area contributed by atoms with Gasteiger partial charge >= 0.3 is 0 Å². The highest BCUT2D eigenvalue weighted by atomic mass is 16.5. The van der Waals surface area contributed by atoms with Crippen LogP contribution in [0.15, 0.2) is 47.5 Å².